The molecule has 0 aromatic heterocycles. The van der Waals surface area contributed by atoms with Gasteiger partial charge >= 0.3 is 0 Å². The molecule has 0 amide bonds. The molecule has 0 atom stereocenters. The van der Waals surface area contributed by atoms with Crippen molar-refractivity contribution in [3.8, 4) is 17.2 Å². The Morgan fingerprint density at radius 3 is 2.58 bits per heavy atom. The first kappa shape index (κ1) is 18.0. The molecule has 136 valence electrons. The number of rotatable bonds is 6. The van der Waals surface area contributed by atoms with E-state index in [0.717, 1.165) is 18.7 Å². The van der Waals surface area contributed by atoms with Crippen LogP contribution >= 0.6 is 0 Å². The van der Waals surface area contributed by atoms with Crippen LogP contribution in [0.3, 0.4) is 0 Å². The number of quaternary nitrogens is 1. The number of nitrogens with one attached hydrogen (secondary N) is 1. The quantitative estimate of drug-likeness (QED) is 0.805. The minimum absolute atomic E-state index is 0.0884. The lowest BCUT2D eigenvalue weighted by Gasteiger charge is -2.21. The molecular formula is C21H23NO4. The van der Waals surface area contributed by atoms with Gasteiger partial charge in [0, 0.05) is 11.1 Å². The van der Waals surface area contributed by atoms with E-state index >= 15 is 0 Å². The van der Waals surface area contributed by atoms with Crippen molar-refractivity contribution in [2.45, 2.75) is 20.4 Å². The highest BCUT2D eigenvalue weighted by molar-refractivity contribution is 6.15. The van der Waals surface area contributed by atoms with Gasteiger partial charge in [0.15, 0.2) is 5.76 Å². The summed E-state index contributed by atoms with van der Waals surface area (Å²) < 4.78 is 11.2. The van der Waals surface area contributed by atoms with Gasteiger partial charge in [0.05, 0.1) is 25.8 Å². The zero-order valence-electron chi connectivity index (χ0n) is 15.3. The molecule has 3 rings (SSSR count). The fourth-order valence-corrected chi connectivity index (χ4v) is 3.13. The second kappa shape index (κ2) is 7.62. The number of hydrogen-bond acceptors (Lipinski definition) is 4. The van der Waals surface area contributed by atoms with E-state index in [4.69, 9.17) is 9.47 Å². The molecular weight excluding hydrogens is 330 g/mol. The van der Waals surface area contributed by atoms with Crippen LogP contribution in [0.5, 0.6) is 17.2 Å². The first-order valence-corrected chi connectivity index (χ1v) is 8.82. The predicted octanol–water partition coefficient (Wildman–Crippen LogP) is 1.81. The van der Waals surface area contributed by atoms with Crippen LogP contribution in [0.1, 0.15) is 35.3 Å². The summed E-state index contributed by atoms with van der Waals surface area (Å²) in [5.74, 6) is 0.981. The van der Waals surface area contributed by atoms with Crippen LogP contribution in [0.25, 0.3) is 6.08 Å². The van der Waals surface area contributed by atoms with Gasteiger partial charge in [0.25, 0.3) is 0 Å². The number of methoxy groups -OCH3 is 1. The SMILES string of the molecule is CC[NH+](CC)Cc1c([O-])ccc2c1O/C(=C\c1ccccc1OC)C2=O. The number of ether oxygens (including phenoxy) is 2. The summed E-state index contributed by atoms with van der Waals surface area (Å²) in [4.78, 5) is 14.0. The van der Waals surface area contributed by atoms with Crippen LogP contribution < -0.4 is 19.5 Å². The fraction of sp³-hybridized carbons (Fsp3) is 0.286. The molecule has 1 aliphatic rings. The molecule has 2 aromatic rings. The maximum atomic E-state index is 12.7. The van der Waals surface area contributed by atoms with Crippen molar-refractivity contribution >= 4 is 11.9 Å². The van der Waals surface area contributed by atoms with Crippen molar-refractivity contribution in [1.82, 2.24) is 0 Å². The van der Waals surface area contributed by atoms with E-state index in [-0.39, 0.29) is 17.3 Å². The van der Waals surface area contributed by atoms with Gasteiger partial charge in [-0.25, -0.2) is 0 Å². The van der Waals surface area contributed by atoms with E-state index < -0.39 is 0 Å². The molecule has 5 heteroatoms. The monoisotopic (exact) mass is 353 g/mol. The van der Waals surface area contributed by atoms with Gasteiger partial charge in [0.2, 0.25) is 5.78 Å². The minimum atomic E-state index is -0.207. The Labute approximate surface area is 153 Å². The third-order valence-electron chi connectivity index (χ3n) is 4.75. The molecule has 0 aliphatic carbocycles. The molecule has 5 nitrogen and oxygen atoms in total. The molecule has 26 heavy (non-hydrogen) atoms. The number of carbonyl (C=O) groups is 1. The van der Waals surface area contributed by atoms with Gasteiger partial charge in [0.1, 0.15) is 18.0 Å². The van der Waals surface area contributed by atoms with Gasteiger partial charge in [-0.2, -0.15) is 0 Å². The van der Waals surface area contributed by atoms with Crippen molar-refractivity contribution in [2.75, 3.05) is 20.2 Å². The molecule has 0 fully saturated rings. The summed E-state index contributed by atoms with van der Waals surface area (Å²) in [6.07, 6.45) is 1.67. The minimum Gasteiger partial charge on any atom is -0.872 e. The van der Waals surface area contributed by atoms with Crippen molar-refractivity contribution in [2.24, 2.45) is 0 Å². The number of ketones is 1. The van der Waals surface area contributed by atoms with E-state index in [2.05, 4.69) is 13.8 Å². The van der Waals surface area contributed by atoms with Gasteiger partial charge < -0.3 is 19.5 Å². The second-order valence-corrected chi connectivity index (χ2v) is 6.23. The number of fused-ring (bicyclic) bond motifs is 1. The van der Waals surface area contributed by atoms with Gasteiger partial charge in [-0.3, -0.25) is 4.79 Å². The average molecular weight is 353 g/mol. The number of benzene rings is 2. The molecule has 0 saturated carbocycles. The number of Topliss-reactive ketones (excluding diaryl/α,β-unsaturated/α-hetero) is 1. The van der Waals surface area contributed by atoms with Gasteiger partial charge in [-0.1, -0.05) is 30.0 Å². The van der Waals surface area contributed by atoms with Crippen LogP contribution in [0.2, 0.25) is 0 Å². The van der Waals surface area contributed by atoms with Crippen LogP contribution in [0.15, 0.2) is 42.2 Å². The van der Waals surface area contributed by atoms with E-state index in [0.29, 0.717) is 29.2 Å². The van der Waals surface area contributed by atoms with E-state index in [1.807, 2.05) is 24.3 Å². The smallest absolute Gasteiger partial charge is 0.231 e. The average Bonchev–Trinajstić information content (AvgIpc) is 2.97. The molecule has 0 spiro atoms. The van der Waals surface area contributed by atoms with Crippen molar-refractivity contribution in [3.63, 3.8) is 0 Å². The first-order chi connectivity index (χ1) is 12.6. The predicted molar refractivity (Wildman–Crippen MR) is 97.6 cm³/mol. The highest BCUT2D eigenvalue weighted by atomic mass is 16.5. The standard InChI is InChI=1S/C21H23NO4/c1-4-22(5-2)13-16-17(23)11-10-15-20(24)19(26-21(15)16)12-14-8-6-7-9-18(14)25-3/h6-12,23H,4-5,13H2,1-3H3/b19-12-. The summed E-state index contributed by atoms with van der Waals surface area (Å²) in [6.45, 7) is 6.50. The van der Waals surface area contributed by atoms with Crippen molar-refractivity contribution < 1.29 is 24.3 Å². The zero-order chi connectivity index (χ0) is 18.7. The second-order valence-electron chi connectivity index (χ2n) is 6.23. The van der Waals surface area contributed by atoms with Crippen LogP contribution in [0, 0.1) is 0 Å². The van der Waals surface area contributed by atoms with Gasteiger partial charge in [-0.15, -0.1) is 0 Å². The molecule has 1 aliphatic heterocycles. The molecule has 0 saturated heterocycles. The summed E-state index contributed by atoms with van der Waals surface area (Å²) in [7, 11) is 1.58. The Hall–Kier alpha value is -2.79. The molecule has 0 bridgehead atoms. The fourth-order valence-electron chi connectivity index (χ4n) is 3.13. The van der Waals surface area contributed by atoms with E-state index in [1.165, 1.54) is 11.0 Å². The maximum absolute atomic E-state index is 12.7. The lowest BCUT2D eigenvalue weighted by Crippen LogP contribution is -3.10. The lowest BCUT2D eigenvalue weighted by atomic mass is 10.0. The maximum Gasteiger partial charge on any atom is 0.231 e. The Kier molecular flexibility index (Phi) is 5.28. The molecule has 1 heterocycles. The largest absolute Gasteiger partial charge is 0.872 e. The van der Waals surface area contributed by atoms with Crippen molar-refractivity contribution in [3.05, 3.63) is 58.8 Å². The highest BCUT2D eigenvalue weighted by Crippen LogP contribution is 2.38. The summed E-state index contributed by atoms with van der Waals surface area (Å²) in [6, 6.07) is 10.4. The zero-order valence-corrected chi connectivity index (χ0v) is 15.3. The van der Waals surface area contributed by atoms with Gasteiger partial charge in [-0.05, 0) is 32.1 Å². The normalized spacial score (nSPS) is 14.6. The molecule has 0 unspecified atom stereocenters. The Balaban J connectivity index is 2.00. The number of carbonyl (C=O) groups excluding carboxylic acids is 1. The van der Waals surface area contributed by atoms with Crippen molar-refractivity contribution in [1.29, 1.82) is 0 Å². The van der Waals surface area contributed by atoms with E-state index in [1.54, 1.807) is 19.3 Å². The first-order valence-electron chi connectivity index (χ1n) is 8.82. The number of para-hydroxylation sites is 1. The molecule has 1 N–H and O–H groups in total. The third kappa shape index (κ3) is 3.30. The Morgan fingerprint density at radius 2 is 1.88 bits per heavy atom. The lowest BCUT2D eigenvalue weighted by molar-refractivity contribution is -0.910. The molecule has 2 aromatic carbocycles. The summed E-state index contributed by atoms with van der Waals surface area (Å²) >= 11 is 0. The highest BCUT2D eigenvalue weighted by Gasteiger charge is 2.31. The number of hydrogen-bond donors (Lipinski definition) is 1. The summed E-state index contributed by atoms with van der Waals surface area (Å²) in [5, 5.41) is 12.4. The van der Waals surface area contributed by atoms with Crippen LogP contribution in [-0.2, 0) is 6.54 Å². The van der Waals surface area contributed by atoms with Crippen LogP contribution in [0.4, 0.5) is 0 Å². The third-order valence-corrected chi connectivity index (χ3v) is 4.75. The van der Waals surface area contributed by atoms with Crippen LogP contribution in [-0.4, -0.2) is 26.0 Å². The topological polar surface area (TPSA) is 63.0 Å². The Morgan fingerprint density at radius 1 is 1.15 bits per heavy atom. The number of allylic oxidation sites excluding steroid dienone is 1. The molecule has 0 radical (unpaired) electrons. The summed E-state index contributed by atoms with van der Waals surface area (Å²) in [5.41, 5.74) is 1.77. The Bertz CT molecular complexity index is 853. The van der Waals surface area contributed by atoms with E-state index in [9.17, 15) is 9.90 Å².